The van der Waals surface area contributed by atoms with Gasteiger partial charge in [0.2, 0.25) is 0 Å². The van der Waals surface area contributed by atoms with Gasteiger partial charge in [0.25, 0.3) is 0 Å². The second-order valence-corrected chi connectivity index (χ2v) is 7.25. The van der Waals surface area contributed by atoms with Gasteiger partial charge in [-0.3, -0.25) is 0 Å². The molecule has 3 aliphatic rings. The van der Waals surface area contributed by atoms with Crippen LogP contribution < -0.4 is 5.73 Å². The lowest BCUT2D eigenvalue weighted by atomic mass is 9.69. The van der Waals surface area contributed by atoms with Crippen molar-refractivity contribution in [2.24, 2.45) is 11.7 Å². The zero-order chi connectivity index (χ0) is 14.8. The minimum Gasteiger partial charge on any atom is -0.381 e. The van der Waals surface area contributed by atoms with Crippen LogP contribution in [-0.2, 0) is 14.2 Å². The van der Waals surface area contributed by atoms with E-state index >= 15 is 0 Å². The van der Waals surface area contributed by atoms with Gasteiger partial charge in [-0.05, 0) is 44.4 Å². The van der Waals surface area contributed by atoms with Crippen LogP contribution in [0.4, 0.5) is 0 Å². The van der Waals surface area contributed by atoms with E-state index in [-0.39, 0.29) is 17.2 Å². The van der Waals surface area contributed by atoms with Crippen LogP contribution >= 0.6 is 0 Å². The van der Waals surface area contributed by atoms with Crippen LogP contribution in [0.2, 0.25) is 0 Å². The summed E-state index contributed by atoms with van der Waals surface area (Å²) in [6.07, 6.45) is 10.3. The quantitative estimate of drug-likeness (QED) is 0.870. The molecule has 1 aliphatic carbocycles. The summed E-state index contributed by atoms with van der Waals surface area (Å²) in [4.78, 5) is 0. The minimum atomic E-state index is -0.0907. The summed E-state index contributed by atoms with van der Waals surface area (Å²) in [7, 11) is 1.86. The molecule has 0 aromatic carbocycles. The molecular formula is C17H31NO3. The SMILES string of the molecule is COC1(C(N)C2CCOC3(CCOCC3)C2)CCCCC1. The van der Waals surface area contributed by atoms with Gasteiger partial charge in [-0.25, -0.2) is 0 Å². The van der Waals surface area contributed by atoms with Crippen molar-refractivity contribution in [3.05, 3.63) is 0 Å². The average molecular weight is 297 g/mol. The molecule has 4 heteroatoms. The first-order valence-corrected chi connectivity index (χ1v) is 8.72. The maximum Gasteiger partial charge on any atom is 0.0831 e. The van der Waals surface area contributed by atoms with E-state index in [1.165, 1.54) is 19.3 Å². The van der Waals surface area contributed by atoms with Crippen LogP contribution in [0, 0.1) is 5.92 Å². The Morgan fingerprint density at radius 1 is 1.05 bits per heavy atom. The number of ether oxygens (including phenoxy) is 3. The Hall–Kier alpha value is -0.160. The molecule has 2 N–H and O–H groups in total. The lowest BCUT2D eigenvalue weighted by molar-refractivity contribution is -0.162. The van der Waals surface area contributed by atoms with E-state index in [1.54, 1.807) is 0 Å². The number of hydrogen-bond acceptors (Lipinski definition) is 4. The smallest absolute Gasteiger partial charge is 0.0831 e. The van der Waals surface area contributed by atoms with Gasteiger partial charge in [0, 0.05) is 33.0 Å². The third-order valence-corrected chi connectivity index (χ3v) is 6.16. The van der Waals surface area contributed by atoms with Crippen LogP contribution in [0.1, 0.15) is 57.8 Å². The molecule has 1 spiro atoms. The van der Waals surface area contributed by atoms with Gasteiger partial charge in [0.15, 0.2) is 0 Å². The summed E-state index contributed by atoms with van der Waals surface area (Å²) in [5.74, 6) is 0.523. The lowest BCUT2D eigenvalue weighted by Crippen LogP contribution is -2.58. The van der Waals surface area contributed by atoms with Crippen molar-refractivity contribution in [1.29, 1.82) is 0 Å². The Labute approximate surface area is 128 Å². The molecule has 0 aromatic heterocycles. The summed E-state index contributed by atoms with van der Waals surface area (Å²) in [5.41, 5.74) is 6.69. The molecule has 2 saturated heterocycles. The summed E-state index contributed by atoms with van der Waals surface area (Å²) < 4.78 is 17.7. The second kappa shape index (κ2) is 6.53. The summed E-state index contributed by atoms with van der Waals surface area (Å²) in [5, 5.41) is 0. The molecule has 1 saturated carbocycles. The number of methoxy groups -OCH3 is 1. The molecular weight excluding hydrogens is 266 g/mol. The first-order valence-electron chi connectivity index (χ1n) is 8.72. The highest BCUT2D eigenvalue weighted by Crippen LogP contribution is 2.43. The Morgan fingerprint density at radius 2 is 1.76 bits per heavy atom. The predicted molar refractivity (Wildman–Crippen MR) is 82.3 cm³/mol. The van der Waals surface area contributed by atoms with Gasteiger partial charge < -0.3 is 19.9 Å². The third-order valence-electron chi connectivity index (χ3n) is 6.16. The number of hydrogen-bond donors (Lipinski definition) is 1. The van der Waals surface area contributed by atoms with Gasteiger partial charge >= 0.3 is 0 Å². The van der Waals surface area contributed by atoms with Crippen molar-refractivity contribution < 1.29 is 14.2 Å². The van der Waals surface area contributed by atoms with Gasteiger partial charge in [-0.2, -0.15) is 0 Å². The van der Waals surface area contributed by atoms with E-state index in [4.69, 9.17) is 19.9 Å². The van der Waals surface area contributed by atoms with Gasteiger partial charge in [-0.15, -0.1) is 0 Å². The summed E-state index contributed by atoms with van der Waals surface area (Å²) in [6.45, 7) is 2.51. The maximum absolute atomic E-state index is 6.75. The predicted octanol–water partition coefficient (Wildman–Crippen LogP) is 2.64. The first-order chi connectivity index (χ1) is 10.2. The van der Waals surface area contributed by atoms with Crippen molar-refractivity contribution in [3.8, 4) is 0 Å². The highest BCUT2D eigenvalue weighted by molar-refractivity contribution is 5.01. The largest absolute Gasteiger partial charge is 0.381 e. The van der Waals surface area contributed by atoms with Crippen LogP contribution in [0.25, 0.3) is 0 Å². The fraction of sp³-hybridized carbons (Fsp3) is 1.00. The molecule has 2 atom stereocenters. The molecule has 122 valence electrons. The summed E-state index contributed by atoms with van der Waals surface area (Å²) >= 11 is 0. The average Bonchev–Trinajstić information content (AvgIpc) is 2.55. The molecule has 0 bridgehead atoms. The Morgan fingerprint density at radius 3 is 2.43 bits per heavy atom. The Balaban J connectivity index is 1.69. The zero-order valence-corrected chi connectivity index (χ0v) is 13.4. The van der Waals surface area contributed by atoms with Gasteiger partial charge in [0.1, 0.15) is 0 Å². The molecule has 0 radical (unpaired) electrons. The molecule has 2 aliphatic heterocycles. The fourth-order valence-electron chi connectivity index (χ4n) is 4.72. The van der Waals surface area contributed by atoms with Crippen LogP contribution in [0.5, 0.6) is 0 Å². The van der Waals surface area contributed by atoms with Crippen LogP contribution in [-0.4, -0.2) is 44.2 Å². The topological polar surface area (TPSA) is 53.7 Å². The lowest BCUT2D eigenvalue weighted by Gasteiger charge is -2.49. The third kappa shape index (κ3) is 3.14. The molecule has 0 amide bonds. The van der Waals surface area contributed by atoms with Crippen molar-refractivity contribution in [2.45, 2.75) is 75.0 Å². The highest BCUT2D eigenvalue weighted by atomic mass is 16.5. The van der Waals surface area contributed by atoms with Crippen molar-refractivity contribution >= 4 is 0 Å². The molecule has 2 heterocycles. The summed E-state index contributed by atoms with van der Waals surface area (Å²) in [6, 6.07) is 0.145. The monoisotopic (exact) mass is 297 g/mol. The van der Waals surface area contributed by atoms with Gasteiger partial charge in [0.05, 0.1) is 11.2 Å². The van der Waals surface area contributed by atoms with E-state index in [0.29, 0.717) is 5.92 Å². The van der Waals surface area contributed by atoms with E-state index in [2.05, 4.69) is 0 Å². The molecule has 2 unspecified atom stereocenters. The highest BCUT2D eigenvalue weighted by Gasteiger charge is 2.47. The molecule has 0 aromatic rings. The molecule has 4 nitrogen and oxygen atoms in total. The number of rotatable bonds is 3. The normalized spacial score (nSPS) is 33.7. The first kappa shape index (κ1) is 15.7. The van der Waals surface area contributed by atoms with E-state index in [1.807, 2.05) is 7.11 Å². The zero-order valence-electron chi connectivity index (χ0n) is 13.4. The van der Waals surface area contributed by atoms with Crippen LogP contribution in [0.15, 0.2) is 0 Å². The second-order valence-electron chi connectivity index (χ2n) is 7.25. The standard InChI is InChI=1S/C17H31NO3/c1-19-17(6-3-2-4-7-17)15(18)14-5-10-21-16(13-14)8-11-20-12-9-16/h14-15H,2-13,18H2,1H3. The van der Waals surface area contributed by atoms with Crippen molar-refractivity contribution in [3.63, 3.8) is 0 Å². The van der Waals surface area contributed by atoms with E-state index in [0.717, 1.165) is 58.3 Å². The van der Waals surface area contributed by atoms with Crippen molar-refractivity contribution in [2.75, 3.05) is 26.9 Å². The van der Waals surface area contributed by atoms with Crippen LogP contribution in [0.3, 0.4) is 0 Å². The molecule has 3 rings (SSSR count). The van der Waals surface area contributed by atoms with E-state index in [9.17, 15) is 0 Å². The molecule has 21 heavy (non-hydrogen) atoms. The van der Waals surface area contributed by atoms with E-state index < -0.39 is 0 Å². The molecule has 3 fully saturated rings. The maximum atomic E-state index is 6.75. The minimum absolute atomic E-state index is 0.0301. The number of nitrogens with two attached hydrogens (primary N) is 1. The fourth-order valence-corrected chi connectivity index (χ4v) is 4.72. The van der Waals surface area contributed by atoms with Crippen molar-refractivity contribution in [1.82, 2.24) is 0 Å². The Bertz CT molecular complexity index is 329. The Kier molecular flexibility index (Phi) is 4.89. The van der Waals surface area contributed by atoms with Gasteiger partial charge in [-0.1, -0.05) is 19.3 Å².